The molecule has 0 saturated carbocycles. The Morgan fingerprint density at radius 1 is 0.655 bits per heavy atom. The minimum Gasteiger partial charge on any atom is -0.389 e. The average Bonchev–Trinajstić information content (AvgIpc) is 2.73. The van der Waals surface area contributed by atoms with Crippen molar-refractivity contribution in [2.45, 2.75) is 32.8 Å². The summed E-state index contributed by atoms with van der Waals surface area (Å²) in [4.78, 5) is 0. The fourth-order valence-corrected chi connectivity index (χ4v) is 3.64. The zero-order valence-corrected chi connectivity index (χ0v) is 16.9. The number of benzene rings is 4. The molecule has 0 saturated heterocycles. The van der Waals surface area contributed by atoms with E-state index in [4.69, 9.17) is 9.47 Å². The summed E-state index contributed by atoms with van der Waals surface area (Å²) in [6.07, 6.45) is -0.461. The SMILES string of the molecule is COCc1ccc2ccc(COCc3ccc4ccc(C(C)O)cc4c3)cc2c1. The summed E-state index contributed by atoms with van der Waals surface area (Å²) in [5.74, 6) is 0. The van der Waals surface area contributed by atoms with Crippen LogP contribution in [-0.4, -0.2) is 12.2 Å². The van der Waals surface area contributed by atoms with Gasteiger partial charge in [0.15, 0.2) is 0 Å². The first kappa shape index (κ1) is 19.6. The lowest BCUT2D eigenvalue weighted by Gasteiger charge is -2.09. The van der Waals surface area contributed by atoms with E-state index in [0.29, 0.717) is 19.8 Å². The Hall–Kier alpha value is -2.72. The molecule has 1 unspecified atom stereocenters. The molecule has 0 amide bonds. The van der Waals surface area contributed by atoms with E-state index in [2.05, 4.69) is 60.7 Å². The van der Waals surface area contributed by atoms with E-state index in [1.165, 1.54) is 21.7 Å². The monoisotopic (exact) mass is 386 g/mol. The van der Waals surface area contributed by atoms with Gasteiger partial charge in [0.05, 0.1) is 25.9 Å². The van der Waals surface area contributed by atoms with Crippen molar-refractivity contribution >= 4 is 21.5 Å². The van der Waals surface area contributed by atoms with Crippen LogP contribution in [0.25, 0.3) is 21.5 Å². The third kappa shape index (κ3) is 4.65. The Labute approximate surface area is 171 Å². The highest BCUT2D eigenvalue weighted by molar-refractivity contribution is 5.84. The molecule has 3 heteroatoms. The minimum atomic E-state index is -0.461. The molecule has 4 aromatic carbocycles. The second-order valence-corrected chi connectivity index (χ2v) is 7.56. The lowest BCUT2D eigenvalue weighted by Crippen LogP contribution is -1.95. The number of hydrogen-bond acceptors (Lipinski definition) is 3. The molecule has 0 bridgehead atoms. The number of ether oxygens (including phenoxy) is 2. The molecule has 0 aliphatic rings. The zero-order chi connectivity index (χ0) is 20.2. The molecule has 0 aliphatic heterocycles. The van der Waals surface area contributed by atoms with Crippen LogP contribution in [0.5, 0.6) is 0 Å². The molecule has 4 aromatic rings. The minimum absolute atomic E-state index is 0.461. The molecule has 0 heterocycles. The van der Waals surface area contributed by atoms with Gasteiger partial charge >= 0.3 is 0 Å². The van der Waals surface area contributed by atoms with Gasteiger partial charge in [-0.15, -0.1) is 0 Å². The first-order valence-electron chi connectivity index (χ1n) is 9.91. The van der Waals surface area contributed by atoms with Crippen LogP contribution in [0.3, 0.4) is 0 Å². The topological polar surface area (TPSA) is 38.7 Å². The molecule has 1 atom stereocenters. The molecule has 1 N–H and O–H groups in total. The summed E-state index contributed by atoms with van der Waals surface area (Å²) in [5.41, 5.74) is 4.39. The van der Waals surface area contributed by atoms with Crippen LogP contribution in [0.4, 0.5) is 0 Å². The van der Waals surface area contributed by atoms with E-state index < -0.39 is 6.10 Å². The van der Waals surface area contributed by atoms with E-state index in [9.17, 15) is 5.11 Å². The quantitative estimate of drug-likeness (QED) is 0.429. The van der Waals surface area contributed by atoms with E-state index >= 15 is 0 Å². The van der Waals surface area contributed by atoms with Crippen molar-refractivity contribution in [1.82, 2.24) is 0 Å². The number of methoxy groups -OCH3 is 1. The predicted molar refractivity (Wildman–Crippen MR) is 118 cm³/mol. The molecule has 4 rings (SSSR count). The summed E-state index contributed by atoms with van der Waals surface area (Å²) in [7, 11) is 1.71. The van der Waals surface area contributed by atoms with Crippen LogP contribution < -0.4 is 0 Å². The van der Waals surface area contributed by atoms with Crippen LogP contribution in [-0.2, 0) is 29.3 Å². The van der Waals surface area contributed by atoms with Crippen LogP contribution in [0.2, 0.25) is 0 Å². The third-order valence-electron chi connectivity index (χ3n) is 5.23. The molecule has 0 aromatic heterocycles. The van der Waals surface area contributed by atoms with Crippen molar-refractivity contribution in [3.63, 3.8) is 0 Å². The molecular weight excluding hydrogens is 360 g/mol. The lowest BCUT2D eigenvalue weighted by atomic mass is 10.0. The van der Waals surface area contributed by atoms with E-state index in [0.717, 1.165) is 22.1 Å². The molecule has 148 valence electrons. The van der Waals surface area contributed by atoms with Gasteiger partial charge in [0.2, 0.25) is 0 Å². The Morgan fingerprint density at radius 2 is 1.14 bits per heavy atom. The summed E-state index contributed by atoms with van der Waals surface area (Å²) in [6.45, 7) is 3.53. The summed E-state index contributed by atoms with van der Waals surface area (Å²) in [6, 6.07) is 25.3. The summed E-state index contributed by atoms with van der Waals surface area (Å²) < 4.78 is 11.2. The molecule has 0 fully saturated rings. The second-order valence-electron chi connectivity index (χ2n) is 7.56. The number of hydrogen-bond donors (Lipinski definition) is 1. The highest BCUT2D eigenvalue weighted by atomic mass is 16.5. The Kier molecular flexibility index (Phi) is 5.91. The van der Waals surface area contributed by atoms with Gasteiger partial charge < -0.3 is 14.6 Å². The molecule has 0 spiro atoms. The van der Waals surface area contributed by atoms with Gasteiger partial charge in [-0.05, 0) is 75.0 Å². The van der Waals surface area contributed by atoms with Gasteiger partial charge in [-0.3, -0.25) is 0 Å². The summed E-state index contributed by atoms with van der Waals surface area (Å²) >= 11 is 0. The van der Waals surface area contributed by atoms with E-state index in [1.807, 2.05) is 12.1 Å². The fourth-order valence-electron chi connectivity index (χ4n) is 3.64. The molecule has 29 heavy (non-hydrogen) atoms. The van der Waals surface area contributed by atoms with Crippen LogP contribution in [0.1, 0.15) is 35.3 Å². The lowest BCUT2D eigenvalue weighted by molar-refractivity contribution is 0.107. The maximum absolute atomic E-state index is 9.81. The highest BCUT2D eigenvalue weighted by Crippen LogP contribution is 2.23. The number of aliphatic hydroxyl groups is 1. The zero-order valence-electron chi connectivity index (χ0n) is 16.9. The summed E-state index contributed by atoms with van der Waals surface area (Å²) in [5, 5.41) is 14.5. The maximum atomic E-state index is 9.81. The van der Waals surface area contributed by atoms with Gasteiger partial charge in [0.1, 0.15) is 0 Å². The second kappa shape index (κ2) is 8.75. The van der Waals surface area contributed by atoms with Crippen molar-refractivity contribution in [3.8, 4) is 0 Å². The third-order valence-corrected chi connectivity index (χ3v) is 5.23. The van der Waals surface area contributed by atoms with Crippen molar-refractivity contribution in [2.24, 2.45) is 0 Å². The van der Waals surface area contributed by atoms with Crippen LogP contribution in [0, 0.1) is 0 Å². The standard InChI is InChI=1S/C26H26O3/c1-18(27)24-10-9-23-8-5-21(13-26(23)14-24)17-29-16-20-4-7-22-6-3-19(15-28-2)11-25(22)12-20/h3-14,18,27H,15-17H2,1-2H3. The number of fused-ring (bicyclic) bond motifs is 2. The Bertz CT molecular complexity index is 1130. The van der Waals surface area contributed by atoms with Gasteiger partial charge in [-0.1, -0.05) is 48.5 Å². The van der Waals surface area contributed by atoms with Gasteiger partial charge in [-0.2, -0.15) is 0 Å². The largest absolute Gasteiger partial charge is 0.389 e. The van der Waals surface area contributed by atoms with Gasteiger partial charge in [0, 0.05) is 7.11 Å². The Morgan fingerprint density at radius 3 is 1.66 bits per heavy atom. The molecule has 0 aliphatic carbocycles. The fraction of sp³-hybridized carbons (Fsp3) is 0.231. The molecule has 0 radical (unpaired) electrons. The predicted octanol–water partition coefficient (Wildman–Crippen LogP) is 5.91. The average molecular weight is 386 g/mol. The van der Waals surface area contributed by atoms with Crippen molar-refractivity contribution in [2.75, 3.05) is 7.11 Å². The van der Waals surface area contributed by atoms with E-state index in [1.54, 1.807) is 14.0 Å². The first-order valence-corrected chi connectivity index (χ1v) is 9.91. The normalized spacial score (nSPS) is 12.5. The van der Waals surface area contributed by atoms with E-state index in [-0.39, 0.29) is 0 Å². The van der Waals surface area contributed by atoms with Crippen molar-refractivity contribution in [3.05, 3.63) is 95.1 Å². The maximum Gasteiger partial charge on any atom is 0.0762 e. The number of aliphatic hydroxyl groups excluding tert-OH is 1. The van der Waals surface area contributed by atoms with Crippen LogP contribution >= 0.6 is 0 Å². The van der Waals surface area contributed by atoms with Gasteiger partial charge in [-0.25, -0.2) is 0 Å². The first-order chi connectivity index (χ1) is 14.1. The molecular formula is C26H26O3. The van der Waals surface area contributed by atoms with Crippen molar-refractivity contribution in [1.29, 1.82) is 0 Å². The smallest absolute Gasteiger partial charge is 0.0762 e. The highest BCUT2D eigenvalue weighted by Gasteiger charge is 2.04. The molecule has 3 nitrogen and oxygen atoms in total. The van der Waals surface area contributed by atoms with Crippen LogP contribution in [0.15, 0.2) is 72.8 Å². The Balaban J connectivity index is 1.45. The van der Waals surface area contributed by atoms with Gasteiger partial charge in [0.25, 0.3) is 0 Å². The van der Waals surface area contributed by atoms with Crippen molar-refractivity contribution < 1.29 is 14.6 Å². The number of rotatable bonds is 7.